The van der Waals surface area contributed by atoms with Crippen LogP contribution >= 0.6 is 11.8 Å². The third-order valence-corrected chi connectivity index (χ3v) is 6.19. The molecule has 0 radical (unpaired) electrons. The molecule has 2 aromatic heterocycles. The van der Waals surface area contributed by atoms with Crippen LogP contribution in [-0.2, 0) is 4.79 Å². The lowest BCUT2D eigenvalue weighted by molar-refractivity contribution is -0.115. The minimum absolute atomic E-state index is 0.0313. The lowest BCUT2D eigenvalue weighted by atomic mass is 10.3. The molecule has 1 aromatic carbocycles. The molecule has 29 heavy (non-hydrogen) atoms. The summed E-state index contributed by atoms with van der Waals surface area (Å²) in [6, 6.07) is 10.3. The summed E-state index contributed by atoms with van der Waals surface area (Å²) in [6.45, 7) is 3.87. The fourth-order valence-corrected chi connectivity index (χ4v) is 4.62. The fraction of sp³-hybridized carbons (Fsp3) is 0.450. The van der Waals surface area contributed by atoms with Gasteiger partial charge in [0.1, 0.15) is 0 Å². The number of benzene rings is 1. The highest BCUT2D eigenvalue weighted by Crippen LogP contribution is 2.31. The molecular formula is C20H25N7OS. The second-order valence-electron chi connectivity index (χ2n) is 7.28. The lowest BCUT2D eigenvalue weighted by Gasteiger charge is -2.10. The number of carbonyl (C=O) groups is 1. The molecule has 0 saturated heterocycles. The van der Waals surface area contributed by atoms with Crippen LogP contribution in [0.5, 0.6) is 0 Å². The molecule has 1 saturated carbocycles. The number of nitrogens with one attached hydrogen (secondary N) is 1. The van der Waals surface area contributed by atoms with Gasteiger partial charge in [-0.1, -0.05) is 42.8 Å². The van der Waals surface area contributed by atoms with Crippen LogP contribution in [0.3, 0.4) is 0 Å². The zero-order chi connectivity index (χ0) is 20.2. The quantitative estimate of drug-likeness (QED) is 0.596. The van der Waals surface area contributed by atoms with Crippen molar-refractivity contribution >= 4 is 23.4 Å². The summed E-state index contributed by atoms with van der Waals surface area (Å²) in [5.74, 6) is 0.598. The van der Waals surface area contributed by atoms with Crippen molar-refractivity contribution in [3.63, 3.8) is 0 Å². The van der Waals surface area contributed by atoms with Crippen molar-refractivity contribution in [2.45, 2.75) is 57.1 Å². The van der Waals surface area contributed by atoms with Crippen molar-refractivity contribution in [1.82, 2.24) is 30.0 Å². The summed E-state index contributed by atoms with van der Waals surface area (Å²) in [4.78, 5) is 12.5. The number of carbonyl (C=O) groups excluding carboxylic acids is 1. The normalized spacial score (nSPS) is 14.4. The van der Waals surface area contributed by atoms with Crippen LogP contribution < -0.4 is 5.32 Å². The first-order valence-corrected chi connectivity index (χ1v) is 10.9. The Hall–Kier alpha value is -2.68. The van der Waals surface area contributed by atoms with Gasteiger partial charge in [-0.3, -0.25) is 4.79 Å². The summed E-state index contributed by atoms with van der Waals surface area (Å²) in [5.41, 5.74) is 3.47. The van der Waals surface area contributed by atoms with E-state index in [2.05, 4.69) is 25.9 Å². The smallest absolute Gasteiger partial charge is 0.225 e. The van der Waals surface area contributed by atoms with Gasteiger partial charge in [-0.05, 0) is 49.2 Å². The van der Waals surface area contributed by atoms with Gasteiger partial charge in [-0.25, -0.2) is 9.36 Å². The zero-order valence-corrected chi connectivity index (χ0v) is 17.5. The number of nitrogens with zero attached hydrogens (tertiary/aromatic N) is 6. The van der Waals surface area contributed by atoms with Gasteiger partial charge < -0.3 is 5.32 Å². The second kappa shape index (κ2) is 8.77. The first kappa shape index (κ1) is 19.6. The highest BCUT2D eigenvalue weighted by Gasteiger charge is 2.22. The van der Waals surface area contributed by atoms with Gasteiger partial charge in [-0.2, -0.15) is 5.10 Å². The standard InChI is InChI=1S/C20H25N7OS/c1-14-19(15(2)26(23-14)16-8-4-3-5-9-16)21-18(28)12-13-29-20-22-24-25-27(20)17-10-6-7-11-17/h3-5,8-9,17H,6-7,10-13H2,1-2H3,(H,21,28). The van der Waals surface area contributed by atoms with E-state index in [1.54, 1.807) is 0 Å². The summed E-state index contributed by atoms with van der Waals surface area (Å²) >= 11 is 1.54. The summed E-state index contributed by atoms with van der Waals surface area (Å²) in [7, 11) is 0. The Labute approximate surface area is 174 Å². The number of amides is 1. The average Bonchev–Trinajstić information content (AvgIpc) is 3.46. The average molecular weight is 412 g/mol. The molecular weight excluding hydrogens is 386 g/mol. The number of para-hydroxylation sites is 1. The summed E-state index contributed by atoms with van der Waals surface area (Å²) in [6.07, 6.45) is 5.10. The maximum Gasteiger partial charge on any atom is 0.225 e. The Morgan fingerprint density at radius 2 is 1.97 bits per heavy atom. The van der Waals surface area contributed by atoms with Gasteiger partial charge in [0.2, 0.25) is 11.1 Å². The Morgan fingerprint density at radius 3 is 2.72 bits per heavy atom. The van der Waals surface area contributed by atoms with E-state index in [1.165, 1.54) is 24.6 Å². The number of aryl methyl sites for hydroxylation is 1. The first-order valence-electron chi connectivity index (χ1n) is 9.95. The predicted octanol–water partition coefficient (Wildman–Crippen LogP) is 3.71. The minimum atomic E-state index is -0.0313. The van der Waals surface area contributed by atoms with Gasteiger partial charge in [-0.15, -0.1) is 5.10 Å². The number of rotatable bonds is 7. The van der Waals surface area contributed by atoms with E-state index >= 15 is 0 Å². The van der Waals surface area contributed by atoms with Crippen LogP contribution in [0.25, 0.3) is 5.69 Å². The maximum absolute atomic E-state index is 12.5. The number of aromatic nitrogens is 6. The van der Waals surface area contributed by atoms with Gasteiger partial charge in [0.15, 0.2) is 0 Å². The third kappa shape index (κ3) is 4.34. The van der Waals surface area contributed by atoms with Crippen molar-refractivity contribution in [1.29, 1.82) is 0 Å². The molecule has 0 bridgehead atoms. The monoisotopic (exact) mass is 411 g/mol. The molecule has 9 heteroatoms. The highest BCUT2D eigenvalue weighted by atomic mass is 32.2. The molecule has 0 unspecified atom stereocenters. The molecule has 4 rings (SSSR count). The van der Waals surface area contributed by atoms with Crippen LogP contribution in [-0.4, -0.2) is 41.6 Å². The van der Waals surface area contributed by atoms with E-state index in [0.717, 1.165) is 40.8 Å². The summed E-state index contributed by atoms with van der Waals surface area (Å²) < 4.78 is 3.78. The molecule has 1 amide bonds. The maximum atomic E-state index is 12.5. The predicted molar refractivity (Wildman–Crippen MR) is 112 cm³/mol. The molecule has 3 aromatic rings. The molecule has 1 fully saturated rings. The Morgan fingerprint density at radius 1 is 1.21 bits per heavy atom. The lowest BCUT2D eigenvalue weighted by Crippen LogP contribution is -2.14. The molecule has 1 N–H and O–H groups in total. The number of tetrazole rings is 1. The first-order chi connectivity index (χ1) is 14.1. The molecule has 2 heterocycles. The van der Waals surface area contributed by atoms with E-state index < -0.39 is 0 Å². The molecule has 8 nitrogen and oxygen atoms in total. The molecule has 0 spiro atoms. The van der Waals surface area contributed by atoms with Crippen LogP contribution in [0.15, 0.2) is 35.5 Å². The van der Waals surface area contributed by atoms with Crippen molar-refractivity contribution in [2.75, 3.05) is 11.1 Å². The molecule has 0 aliphatic heterocycles. The van der Waals surface area contributed by atoms with E-state index in [9.17, 15) is 4.79 Å². The zero-order valence-electron chi connectivity index (χ0n) is 16.7. The van der Waals surface area contributed by atoms with Crippen LogP contribution in [0.1, 0.15) is 49.5 Å². The Bertz CT molecular complexity index is 976. The molecule has 152 valence electrons. The number of thioether (sulfide) groups is 1. The van der Waals surface area contributed by atoms with Gasteiger partial charge in [0, 0.05) is 12.2 Å². The van der Waals surface area contributed by atoms with Crippen molar-refractivity contribution in [3.05, 3.63) is 41.7 Å². The van der Waals surface area contributed by atoms with Crippen LogP contribution in [0, 0.1) is 13.8 Å². The molecule has 1 aliphatic rings. The van der Waals surface area contributed by atoms with E-state index in [-0.39, 0.29) is 5.91 Å². The van der Waals surface area contributed by atoms with Gasteiger partial charge >= 0.3 is 0 Å². The fourth-order valence-electron chi connectivity index (χ4n) is 3.74. The largest absolute Gasteiger partial charge is 0.323 e. The van der Waals surface area contributed by atoms with E-state index in [1.807, 2.05) is 53.5 Å². The van der Waals surface area contributed by atoms with Gasteiger partial charge in [0.25, 0.3) is 0 Å². The number of anilines is 1. The van der Waals surface area contributed by atoms with Gasteiger partial charge in [0.05, 0.1) is 28.8 Å². The van der Waals surface area contributed by atoms with E-state index in [4.69, 9.17) is 0 Å². The second-order valence-corrected chi connectivity index (χ2v) is 8.35. The van der Waals surface area contributed by atoms with Crippen molar-refractivity contribution in [2.24, 2.45) is 0 Å². The Kier molecular flexibility index (Phi) is 5.94. The molecule has 1 aliphatic carbocycles. The van der Waals surface area contributed by atoms with Crippen LogP contribution in [0.2, 0.25) is 0 Å². The topological polar surface area (TPSA) is 90.5 Å². The van der Waals surface area contributed by atoms with Crippen LogP contribution in [0.4, 0.5) is 5.69 Å². The number of hydrogen-bond donors (Lipinski definition) is 1. The van der Waals surface area contributed by atoms with Crippen molar-refractivity contribution in [3.8, 4) is 5.69 Å². The van der Waals surface area contributed by atoms with E-state index in [0.29, 0.717) is 18.2 Å². The minimum Gasteiger partial charge on any atom is -0.323 e. The third-order valence-electron chi connectivity index (χ3n) is 5.25. The SMILES string of the molecule is Cc1nn(-c2ccccc2)c(C)c1NC(=O)CCSc1nnnn1C1CCCC1. The molecule has 0 atom stereocenters. The number of hydrogen-bond acceptors (Lipinski definition) is 6. The summed E-state index contributed by atoms with van der Waals surface area (Å²) in [5, 5.41) is 20.5. The highest BCUT2D eigenvalue weighted by molar-refractivity contribution is 7.99. The van der Waals surface area contributed by atoms with Crippen molar-refractivity contribution < 1.29 is 4.79 Å². The Balaban J connectivity index is 1.35.